The van der Waals surface area contributed by atoms with Crippen LogP contribution in [-0.2, 0) is 14.3 Å². The summed E-state index contributed by atoms with van der Waals surface area (Å²) in [4.78, 5) is 26.4. The molecule has 0 bridgehead atoms. The monoisotopic (exact) mass is 493 g/mol. The van der Waals surface area contributed by atoms with E-state index in [0.717, 1.165) is 5.69 Å². The summed E-state index contributed by atoms with van der Waals surface area (Å²) in [6.07, 6.45) is 2.88. The molecule has 2 aromatic rings. The molecule has 0 unspecified atom stereocenters. The molecule has 2 aromatic carbocycles. The maximum absolute atomic E-state index is 12.3. The van der Waals surface area contributed by atoms with Gasteiger partial charge in [-0.2, -0.15) is 0 Å². The maximum atomic E-state index is 12.3. The summed E-state index contributed by atoms with van der Waals surface area (Å²) >= 11 is 17.3. The highest BCUT2D eigenvalue weighted by Crippen LogP contribution is 2.28. The molecule has 0 aromatic heterocycles. The number of halogens is 2. The lowest BCUT2D eigenvalue weighted by atomic mass is 10.1. The lowest BCUT2D eigenvalue weighted by Gasteiger charge is -2.31. The predicted octanol–water partition coefficient (Wildman–Crippen LogP) is 4.14. The highest BCUT2D eigenvalue weighted by atomic mass is 35.5. The Kier molecular flexibility index (Phi) is 8.46. The fraction of sp³-hybridized carbons (Fsp3) is 0.227. The van der Waals surface area contributed by atoms with Crippen molar-refractivity contribution in [3.8, 4) is 0 Å². The molecule has 3 rings (SSSR count). The summed E-state index contributed by atoms with van der Waals surface area (Å²) in [7, 11) is 1.31. The van der Waals surface area contributed by atoms with Gasteiger partial charge in [-0.3, -0.25) is 10.1 Å². The van der Waals surface area contributed by atoms with Crippen molar-refractivity contribution < 1.29 is 19.1 Å². The Labute approximate surface area is 201 Å². The number of morpholine rings is 1. The number of rotatable bonds is 5. The van der Waals surface area contributed by atoms with E-state index in [4.69, 9.17) is 44.9 Å². The van der Waals surface area contributed by atoms with Gasteiger partial charge < -0.3 is 19.7 Å². The van der Waals surface area contributed by atoms with E-state index in [9.17, 15) is 9.59 Å². The number of carbonyl (C=O) groups excluding carboxylic acids is 2. The Balaban J connectivity index is 1.72. The summed E-state index contributed by atoms with van der Waals surface area (Å²) in [6.45, 7) is 2.57. The standard InChI is InChI=1S/C22H21Cl2N3O4S/c1-30-21(29)15-3-6-19(27-8-10-31-11-9-27)18(12-15)25-22(32)26-20(28)7-4-14-2-5-16(23)13-17(14)24/h2-7,12-13H,8-11H2,1H3,(H2,25,26,28,32)/b7-4+. The number of carbonyl (C=O) groups is 2. The zero-order chi connectivity index (χ0) is 23.1. The Morgan fingerprint density at radius 1 is 1.16 bits per heavy atom. The molecule has 0 atom stereocenters. The van der Waals surface area contributed by atoms with Crippen LogP contribution >= 0.6 is 35.4 Å². The van der Waals surface area contributed by atoms with Gasteiger partial charge in [0.15, 0.2) is 5.11 Å². The molecule has 2 N–H and O–H groups in total. The smallest absolute Gasteiger partial charge is 0.337 e. The number of methoxy groups -OCH3 is 1. The van der Waals surface area contributed by atoms with Gasteiger partial charge in [0.25, 0.3) is 0 Å². The second-order valence-electron chi connectivity index (χ2n) is 6.77. The van der Waals surface area contributed by atoms with Crippen molar-refractivity contribution in [2.24, 2.45) is 0 Å². The van der Waals surface area contributed by atoms with Gasteiger partial charge in [0.1, 0.15) is 0 Å². The second kappa shape index (κ2) is 11.3. The largest absolute Gasteiger partial charge is 0.465 e. The van der Waals surface area contributed by atoms with Gasteiger partial charge >= 0.3 is 5.97 Å². The van der Waals surface area contributed by atoms with Crippen LogP contribution in [-0.4, -0.2) is 50.4 Å². The van der Waals surface area contributed by atoms with E-state index >= 15 is 0 Å². The first kappa shape index (κ1) is 24.0. The Bertz CT molecular complexity index is 1060. The molecule has 1 aliphatic heterocycles. The van der Waals surface area contributed by atoms with Crippen LogP contribution in [0, 0.1) is 0 Å². The third-order valence-corrected chi connectivity index (χ3v) is 5.40. The van der Waals surface area contributed by atoms with Crippen LogP contribution in [0.15, 0.2) is 42.5 Å². The Morgan fingerprint density at radius 3 is 2.59 bits per heavy atom. The van der Waals surface area contributed by atoms with Crippen LogP contribution in [0.5, 0.6) is 0 Å². The van der Waals surface area contributed by atoms with Crippen LogP contribution in [0.1, 0.15) is 15.9 Å². The number of nitrogens with zero attached hydrogens (tertiary/aromatic N) is 1. The van der Waals surface area contributed by atoms with Crippen LogP contribution < -0.4 is 15.5 Å². The van der Waals surface area contributed by atoms with Gasteiger partial charge in [0.2, 0.25) is 5.91 Å². The van der Waals surface area contributed by atoms with E-state index in [1.165, 1.54) is 13.2 Å². The number of esters is 1. The number of thiocarbonyl (C=S) groups is 1. The highest BCUT2D eigenvalue weighted by molar-refractivity contribution is 7.80. The molecule has 0 aliphatic carbocycles. The number of hydrogen-bond donors (Lipinski definition) is 2. The quantitative estimate of drug-likeness (QED) is 0.368. The van der Waals surface area contributed by atoms with Crippen molar-refractivity contribution in [3.05, 3.63) is 63.6 Å². The molecule has 0 spiro atoms. The van der Waals surface area contributed by atoms with E-state index < -0.39 is 11.9 Å². The molecule has 10 heteroatoms. The number of ether oxygens (including phenoxy) is 2. The topological polar surface area (TPSA) is 79.9 Å². The third-order valence-electron chi connectivity index (χ3n) is 4.63. The van der Waals surface area contributed by atoms with Crippen molar-refractivity contribution in [2.45, 2.75) is 0 Å². The number of nitrogens with one attached hydrogen (secondary N) is 2. The molecular weight excluding hydrogens is 473 g/mol. The zero-order valence-corrected chi connectivity index (χ0v) is 19.5. The van der Waals surface area contributed by atoms with Gasteiger partial charge in [-0.25, -0.2) is 4.79 Å². The van der Waals surface area contributed by atoms with Crippen LogP contribution in [0.2, 0.25) is 10.0 Å². The van der Waals surface area contributed by atoms with E-state index in [2.05, 4.69) is 15.5 Å². The minimum atomic E-state index is -0.473. The molecule has 1 heterocycles. The summed E-state index contributed by atoms with van der Waals surface area (Å²) < 4.78 is 10.2. The van der Waals surface area contributed by atoms with Crippen LogP contribution in [0.3, 0.4) is 0 Å². The second-order valence-corrected chi connectivity index (χ2v) is 8.02. The average Bonchev–Trinajstić information content (AvgIpc) is 2.78. The van der Waals surface area contributed by atoms with Crippen molar-refractivity contribution in [2.75, 3.05) is 43.6 Å². The first-order valence-corrected chi connectivity index (χ1v) is 10.8. The highest BCUT2D eigenvalue weighted by Gasteiger charge is 2.18. The van der Waals surface area contributed by atoms with Crippen LogP contribution in [0.25, 0.3) is 6.08 Å². The zero-order valence-electron chi connectivity index (χ0n) is 17.2. The average molecular weight is 494 g/mol. The maximum Gasteiger partial charge on any atom is 0.337 e. The van der Waals surface area contributed by atoms with E-state index in [1.54, 1.807) is 36.4 Å². The van der Waals surface area contributed by atoms with Crippen molar-refractivity contribution in [1.82, 2.24) is 5.32 Å². The summed E-state index contributed by atoms with van der Waals surface area (Å²) in [6, 6.07) is 10.1. The van der Waals surface area contributed by atoms with Crippen molar-refractivity contribution in [1.29, 1.82) is 0 Å². The van der Waals surface area contributed by atoms with Gasteiger partial charge in [-0.15, -0.1) is 0 Å². The minimum absolute atomic E-state index is 0.0818. The first-order chi connectivity index (χ1) is 15.4. The van der Waals surface area contributed by atoms with Crippen LogP contribution in [0.4, 0.5) is 11.4 Å². The van der Waals surface area contributed by atoms with Gasteiger partial charge in [0, 0.05) is 29.2 Å². The van der Waals surface area contributed by atoms with E-state index in [1.807, 2.05) is 6.07 Å². The van der Waals surface area contributed by atoms with E-state index in [0.29, 0.717) is 53.2 Å². The molecule has 1 fully saturated rings. The summed E-state index contributed by atoms with van der Waals surface area (Å²) in [5.41, 5.74) is 2.41. The summed E-state index contributed by atoms with van der Waals surface area (Å²) in [5, 5.41) is 6.61. The van der Waals surface area contributed by atoms with E-state index in [-0.39, 0.29) is 5.11 Å². The molecular formula is C22H21Cl2N3O4S. The third kappa shape index (κ3) is 6.43. The fourth-order valence-electron chi connectivity index (χ4n) is 3.07. The minimum Gasteiger partial charge on any atom is -0.465 e. The first-order valence-electron chi connectivity index (χ1n) is 9.67. The number of amides is 1. The fourth-order valence-corrected chi connectivity index (χ4v) is 3.75. The SMILES string of the molecule is COC(=O)c1ccc(N2CCOCC2)c(NC(=S)NC(=O)/C=C/c2ccc(Cl)cc2Cl)c1. The number of benzene rings is 2. The number of hydrogen-bond acceptors (Lipinski definition) is 6. The lowest BCUT2D eigenvalue weighted by Crippen LogP contribution is -2.38. The van der Waals surface area contributed by atoms with Crippen molar-refractivity contribution >= 4 is 69.9 Å². The molecule has 0 saturated carbocycles. The van der Waals surface area contributed by atoms with Gasteiger partial charge in [0.05, 0.1) is 37.3 Å². The lowest BCUT2D eigenvalue weighted by molar-refractivity contribution is -0.115. The molecule has 32 heavy (non-hydrogen) atoms. The van der Waals surface area contributed by atoms with Gasteiger partial charge in [-0.05, 0) is 54.2 Å². The van der Waals surface area contributed by atoms with Gasteiger partial charge in [-0.1, -0.05) is 29.3 Å². The summed E-state index contributed by atoms with van der Waals surface area (Å²) in [5.74, 6) is -0.912. The molecule has 7 nitrogen and oxygen atoms in total. The van der Waals surface area contributed by atoms with Crippen molar-refractivity contribution in [3.63, 3.8) is 0 Å². The Hall–Kier alpha value is -2.65. The molecule has 1 aliphatic rings. The Morgan fingerprint density at radius 2 is 1.91 bits per heavy atom. The molecule has 1 saturated heterocycles. The molecule has 168 valence electrons. The normalized spacial score (nSPS) is 13.7. The predicted molar refractivity (Wildman–Crippen MR) is 131 cm³/mol. The molecule has 1 amide bonds. The molecule has 0 radical (unpaired) electrons. The number of anilines is 2.